The van der Waals surface area contributed by atoms with E-state index in [0.717, 1.165) is 0 Å². The molecule has 4 heteroatoms. The predicted octanol–water partition coefficient (Wildman–Crippen LogP) is 3.97. The van der Waals surface area contributed by atoms with Crippen molar-refractivity contribution in [3.63, 3.8) is 0 Å². The number of hydrogen-bond donors (Lipinski definition) is 0. The van der Waals surface area contributed by atoms with Crippen molar-refractivity contribution < 1.29 is 0 Å². The van der Waals surface area contributed by atoms with Crippen molar-refractivity contribution in [3.8, 4) is 6.07 Å². The molecule has 1 saturated heterocycles. The second-order valence-electron chi connectivity index (χ2n) is 6.72. The van der Waals surface area contributed by atoms with E-state index in [4.69, 9.17) is 4.99 Å². The molecule has 1 aliphatic carbocycles. The molecule has 0 aromatic heterocycles. The van der Waals surface area contributed by atoms with Crippen LogP contribution < -0.4 is 0 Å². The zero-order chi connectivity index (χ0) is 14.9. The minimum atomic E-state index is 0.101. The Bertz CT molecular complexity index is 497. The van der Waals surface area contributed by atoms with Crippen molar-refractivity contribution in [2.45, 2.75) is 63.2 Å². The van der Waals surface area contributed by atoms with Gasteiger partial charge in [0, 0.05) is 11.2 Å². The van der Waals surface area contributed by atoms with Crippen molar-refractivity contribution in [2.24, 2.45) is 10.9 Å². The van der Waals surface area contributed by atoms with Gasteiger partial charge in [-0.2, -0.15) is 5.26 Å². The molecule has 2 atom stereocenters. The maximum atomic E-state index is 9.33. The Morgan fingerprint density at radius 3 is 2.76 bits per heavy atom. The number of thioether (sulfide) groups is 1. The van der Waals surface area contributed by atoms with Crippen LogP contribution in [0.15, 0.2) is 16.8 Å². The third-order valence-electron chi connectivity index (χ3n) is 5.02. The summed E-state index contributed by atoms with van der Waals surface area (Å²) in [6, 6.07) is 2.29. The lowest BCUT2D eigenvalue weighted by Crippen LogP contribution is -2.59. The van der Waals surface area contributed by atoms with Gasteiger partial charge in [-0.1, -0.05) is 26.7 Å². The van der Waals surface area contributed by atoms with Gasteiger partial charge < -0.3 is 0 Å². The molecule has 114 valence electrons. The van der Waals surface area contributed by atoms with Crippen LogP contribution in [0.25, 0.3) is 0 Å². The first-order valence-electron chi connectivity index (χ1n) is 8.29. The molecule has 3 nitrogen and oxygen atoms in total. The van der Waals surface area contributed by atoms with Crippen LogP contribution in [-0.2, 0) is 0 Å². The standard InChI is InChI=1S/C17H25N3S/c1-13(2)21-16-17(20-9-5-6-10-20)8-4-3-7-14(17)11-15(12-18)19-16/h11,13-14H,3-10H2,1-2H3/t14-,17-/m0/s1. The largest absolute Gasteiger partial charge is 0.291 e. The topological polar surface area (TPSA) is 39.4 Å². The van der Waals surface area contributed by atoms with E-state index < -0.39 is 0 Å². The third-order valence-corrected chi connectivity index (χ3v) is 6.16. The first kappa shape index (κ1) is 15.1. The number of nitrogens with zero attached hydrogens (tertiary/aromatic N) is 3. The predicted molar refractivity (Wildman–Crippen MR) is 89.4 cm³/mol. The lowest BCUT2D eigenvalue weighted by molar-refractivity contribution is 0.100. The number of nitriles is 1. The van der Waals surface area contributed by atoms with Crippen LogP contribution >= 0.6 is 11.8 Å². The fourth-order valence-corrected chi connectivity index (χ4v) is 5.35. The number of rotatable bonds is 2. The van der Waals surface area contributed by atoms with Gasteiger partial charge in [0.1, 0.15) is 11.8 Å². The van der Waals surface area contributed by atoms with Gasteiger partial charge in [-0.25, -0.2) is 4.99 Å². The summed E-state index contributed by atoms with van der Waals surface area (Å²) in [7, 11) is 0. The minimum absolute atomic E-state index is 0.101. The Morgan fingerprint density at radius 2 is 2.10 bits per heavy atom. The van der Waals surface area contributed by atoms with Crippen molar-refractivity contribution in [2.75, 3.05) is 13.1 Å². The average molecular weight is 303 g/mol. The van der Waals surface area contributed by atoms with Gasteiger partial charge in [-0.3, -0.25) is 4.90 Å². The van der Waals surface area contributed by atoms with Crippen LogP contribution in [0.2, 0.25) is 0 Å². The zero-order valence-corrected chi connectivity index (χ0v) is 14.0. The lowest BCUT2D eigenvalue weighted by atomic mass is 9.70. The Morgan fingerprint density at radius 1 is 1.33 bits per heavy atom. The number of hydrogen-bond acceptors (Lipinski definition) is 4. The molecule has 3 rings (SSSR count). The number of likely N-dealkylation sites (tertiary alicyclic amines) is 1. The quantitative estimate of drug-likeness (QED) is 0.775. The van der Waals surface area contributed by atoms with Gasteiger partial charge in [0.2, 0.25) is 0 Å². The first-order valence-corrected chi connectivity index (χ1v) is 9.17. The first-order chi connectivity index (χ1) is 10.2. The van der Waals surface area contributed by atoms with Crippen LogP contribution in [0.3, 0.4) is 0 Å². The SMILES string of the molecule is CC(C)SC1=NC(C#N)=C[C@@H]2CCCC[C@@]12N1CCCC1. The average Bonchev–Trinajstić information content (AvgIpc) is 3.01. The van der Waals surface area contributed by atoms with Gasteiger partial charge in [-0.05, 0) is 44.8 Å². The van der Waals surface area contributed by atoms with E-state index in [9.17, 15) is 5.26 Å². The van der Waals surface area contributed by atoms with E-state index in [1.165, 1.54) is 56.7 Å². The minimum Gasteiger partial charge on any atom is -0.291 e. The molecule has 2 heterocycles. The van der Waals surface area contributed by atoms with Crippen molar-refractivity contribution in [1.29, 1.82) is 5.26 Å². The summed E-state index contributed by atoms with van der Waals surface area (Å²) in [6.07, 6.45) is 9.79. The van der Waals surface area contributed by atoms with E-state index in [1.54, 1.807) is 0 Å². The second kappa shape index (κ2) is 6.14. The van der Waals surface area contributed by atoms with Crippen LogP contribution in [-0.4, -0.2) is 33.8 Å². The normalized spacial score (nSPS) is 33.3. The van der Waals surface area contributed by atoms with Gasteiger partial charge in [-0.15, -0.1) is 11.8 Å². The molecule has 0 aromatic rings. The van der Waals surface area contributed by atoms with Gasteiger partial charge in [0.05, 0.1) is 10.6 Å². The highest BCUT2D eigenvalue weighted by Gasteiger charge is 2.51. The lowest BCUT2D eigenvalue weighted by Gasteiger charge is -2.51. The van der Waals surface area contributed by atoms with Crippen molar-refractivity contribution in [1.82, 2.24) is 4.90 Å². The Labute approximate surface area is 132 Å². The summed E-state index contributed by atoms with van der Waals surface area (Å²) in [5, 5.41) is 11.1. The van der Waals surface area contributed by atoms with Crippen molar-refractivity contribution in [3.05, 3.63) is 11.8 Å². The maximum Gasteiger partial charge on any atom is 0.137 e. The van der Waals surface area contributed by atoms with Crippen molar-refractivity contribution >= 4 is 16.8 Å². The van der Waals surface area contributed by atoms with Crippen LogP contribution in [0.1, 0.15) is 52.4 Å². The summed E-state index contributed by atoms with van der Waals surface area (Å²) in [5.41, 5.74) is 0.740. The van der Waals surface area contributed by atoms with E-state index >= 15 is 0 Å². The molecule has 0 amide bonds. The summed E-state index contributed by atoms with van der Waals surface area (Å²) in [4.78, 5) is 7.47. The van der Waals surface area contributed by atoms with Crippen LogP contribution in [0.4, 0.5) is 0 Å². The summed E-state index contributed by atoms with van der Waals surface area (Å²) < 4.78 is 0. The highest BCUT2D eigenvalue weighted by molar-refractivity contribution is 8.14. The van der Waals surface area contributed by atoms with Gasteiger partial charge in [0.25, 0.3) is 0 Å². The van der Waals surface area contributed by atoms with E-state index in [0.29, 0.717) is 16.9 Å². The van der Waals surface area contributed by atoms with Crippen LogP contribution in [0, 0.1) is 17.2 Å². The Hall–Kier alpha value is -0.790. The molecular weight excluding hydrogens is 278 g/mol. The van der Waals surface area contributed by atoms with Crippen LogP contribution in [0.5, 0.6) is 0 Å². The van der Waals surface area contributed by atoms with Gasteiger partial charge in [0.15, 0.2) is 0 Å². The highest BCUT2D eigenvalue weighted by atomic mass is 32.2. The molecule has 0 spiro atoms. The number of fused-ring (bicyclic) bond motifs is 1. The molecule has 0 bridgehead atoms. The molecule has 0 N–H and O–H groups in total. The number of allylic oxidation sites excluding steroid dienone is 1. The fraction of sp³-hybridized carbons (Fsp3) is 0.765. The van der Waals surface area contributed by atoms with Gasteiger partial charge >= 0.3 is 0 Å². The smallest absolute Gasteiger partial charge is 0.137 e. The fourth-order valence-electron chi connectivity index (χ4n) is 4.16. The van der Waals surface area contributed by atoms with E-state index in [2.05, 4.69) is 30.9 Å². The Kier molecular flexibility index (Phi) is 4.42. The maximum absolute atomic E-state index is 9.33. The monoisotopic (exact) mass is 303 g/mol. The molecular formula is C17H25N3S. The third kappa shape index (κ3) is 2.66. The number of aliphatic imine (C=N–C) groups is 1. The summed E-state index contributed by atoms with van der Waals surface area (Å²) in [6.45, 7) is 6.86. The molecule has 2 fully saturated rings. The summed E-state index contributed by atoms with van der Waals surface area (Å²) in [5.74, 6) is 0.484. The van der Waals surface area contributed by atoms with E-state index in [-0.39, 0.29) is 5.54 Å². The highest BCUT2D eigenvalue weighted by Crippen LogP contribution is 2.47. The molecule has 1 saturated carbocycles. The molecule has 2 aliphatic heterocycles. The molecule has 0 radical (unpaired) electrons. The van der Waals surface area contributed by atoms with E-state index in [1.807, 2.05) is 11.8 Å². The second-order valence-corrected chi connectivity index (χ2v) is 8.28. The summed E-state index contributed by atoms with van der Waals surface area (Å²) >= 11 is 1.88. The Balaban J connectivity index is 2.03. The molecule has 0 aromatic carbocycles. The molecule has 3 aliphatic rings. The molecule has 0 unspecified atom stereocenters. The molecule has 21 heavy (non-hydrogen) atoms. The zero-order valence-electron chi connectivity index (χ0n) is 13.1.